The first-order valence-electron chi connectivity index (χ1n) is 3.47. The quantitative estimate of drug-likeness (QED) is 0.565. The molecule has 0 rings (SSSR count). The molecular formula is C7H17ClS. The first-order valence-corrected chi connectivity index (χ1v) is 6.91. The molecule has 58 valence electrons. The highest BCUT2D eigenvalue weighted by Crippen LogP contribution is 2.45. The molecule has 0 aliphatic rings. The second-order valence-electron chi connectivity index (χ2n) is 2.81. The Kier molecular flexibility index (Phi) is 4.77. The lowest BCUT2D eigenvalue weighted by Crippen LogP contribution is -1.92. The lowest BCUT2D eigenvalue weighted by molar-refractivity contribution is 0.777. The molecule has 2 heteroatoms. The molecule has 0 saturated heterocycles. The molecule has 0 atom stereocenters. The van der Waals surface area contributed by atoms with Crippen LogP contribution in [0.15, 0.2) is 0 Å². The molecule has 0 heterocycles. The van der Waals surface area contributed by atoms with Crippen LogP contribution < -0.4 is 0 Å². The molecule has 0 aliphatic heterocycles. The molecule has 0 unspecified atom stereocenters. The van der Waals surface area contributed by atoms with Gasteiger partial charge in [-0.2, -0.15) is 9.24 Å². The number of hydrogen-bond acceptors (Lipinski definition) is 0. The maximum Gasteiger partial charge on any atom is -0.0106 e. The normalized spacial score (nSPS) is 13.8. The first-order chi connectivity index (χ1) is 4.06. The summed E-state index contributed by atoms with van der Waals surface area (Å²) >= 11 is 0. The van der Waals surface area contributed by atoms with Gasteiger partial charge in [0.2, 0.25) is 0 Å². The van der Waals surface area contributed by atoms with Gasteiger partial charge in [-0.05, 0) is 24.7 Å². The first kappa shape index (κ1) is 9.64. The summed E-state index contributed by atoms with van der Waals surface area (Å²) in [6.07, 6.45) is 8.26. The largest absolute Gasteiger partial charge is 0.169 e. The molecule has 0 fully saturated rings. The summed E-state index contributed by atoms with van der Waals surface area (Å²) in [6.45, 7) is 2.22. The maximum absolute atomic E-state index is 6.05. The molecule has 0 N–H and O–H groups in total. The number of halogens is 1. The molecule has 0 saturated carbocycles. The van der Waals surface area contributed by atoms with Gasteiger partial charge in [-0.1, -0.05) is 30.4 Å². The highest BCUT2D eigenvalue weighted by molar-refractivity contribution is 8.50. The standard InChI is InChI=1S/C7H17ClS/c1-4-5-6-7-9(2,3)8/h4-7H2,1-3H3. The van der Waals surface area contributed by atoms with Crippen molar-refractivity contribution in [3.8, 4) is 0 Å². The van der Waals surface area contributed by atoms with Crippen molar-refractivity contribution in [3.63, 3.8) is 0 Å². The summed E-state index contributed by atoms with van der Waals surface area (Å²) in [6, 6.07) is 0. The molecule has 0 spiro atoms. The average molecular weight is 169 g/mol. The minimum Gasteiger partial charge on any atom is -0.169 e. The van der Waals surface area contributed by atoms with Crippen LogP contribution in [0.4, 0.5) is 0 Å². The summed E-state index contributed by atoms with van der Waals surface area (Å²) in [4.78, 5) is 0. The number of unbranched alkanes of at least 4 members (excludes halogenated alkanes) is 2. The average Bonchev–Trinajstić information content (AvgIpc) is 1.63. The van der Waals surface area contributed by atoms with Crippen LogP contribution in [0.2, 0.25) is 0 Å². The van der Waals surface area contributed by atoms with E-state index in [-0.39, 0.29) is 0 Å². The van der Waals surface area contributed by atoms with Crippen LogP contribution in [0.1, 0.15) is 26.2 Å². The topological polar surface area (TPSA) is 0 Å². The lowest BCUT2D eigenvalue weighted by atomic mass is 10.3. The van der Waals surface area contributed by atoms with Gasteiger partial charge in [0, 0.05) is 0 Å². The monoisotopic (exact) mass is 168 g/mol. The Morgan fingerprint density at radius 1 is 1.22 bits per heavy atom. The molecule has 0 amide bonds. The van der Waals surface area contributed by atoms with E-state index in [1.54, 1.807) is 0 Å². The predicted molar refractivity (Wildman–Crippen MR) is 49.7 cm³/mol. The predicted octanol–water partition coefficient (Wildman–Crippen LogP) is 3.39. The Balaban J connectivity index is 3.07. The van der Waals surface area contributed by atoms with E-state index >= 15 is 0 Å². The van der Waals surface area contributed by atoms with Crippen molar-refractivity contribution in [1.29, 1.82) is 0 Å². The molecular weight excluding hydrogens is 152 g/mol. The van der Waals surface area contributed by atoms with Crippen molar-refractivity contribution in [2.24, 2.45) is 0 Å². The highest BCUT2D eigenvalue weighted by Gasteiger charge is 2.04. The van der Waals surface area contributed by atoms with Crippen molar-refractivity contribution >= 4 is 19.9 Å². The van der Waals surface area contributed by atoms with Crippen LogP contribution in [0.5, 0.6) is 0 Å². The molecule has 0 aliphatic carbocycles. The zero-order valence-electron chi connectivity index (χ0n) is 6.61. The van der Waals surface area contributed by atoms with Gasteiger partial charge in [0.05, 0.1) is 0 Å². The Labute approximate surface area is 64.8 Å². The Bertz CT molecular complexity index is 65.8. The maximum atomic E-state index is 6.05. The van der Waals surface area contributed by atoms with E-state index in [1.807, 2.05) is 0 Å². The minimum atomic E-state index is -0.724. The van der Waals surface area contributed by atoms with E-state index in [2.05, 4.69) is 19.4 Å². The van der Waals surface area contributed by atoms with Gasteiger partial charge in [0.25, 0.3) is 0 Å². The van der Waals surface area contributed by atoms with E-state index in [0.717, 1.165) is 0 Å². The number of hydrogen-bond donors (Lipinski definition) is 0. The Hall–Kier alpha value is 0.640. The molecule has 0 radical (unpaired) electrons. The summed E-state index contributed by atoms with van der Waals surface area (Å²) in [7, 11) is 5.33. The molecule has 0 aromatic heterocycles. The third kappa shape index (κ3) is 8.64. The zero-order valence-corrected chi connectivity index (χ0v) is 8.19. The van der Waals surface area contributed by atoms with Crippen LogP contribution >= 0.6 is 19.9 Å². The van der Waals surface area contributed by atoms with E-state index in [0.29, 0.717) is 0 Å². The van der Waals surface area contributed by atoms with Crippen molar-refractivity contribution in [2.75, 3.05) is 18.3 Å². The van der Waals surface area contributed by atoms with Gasteiger partial charge < -0.3 is 0 Å². The Morgan fingerprint density at radius 2 is 1.78 bits per heavy atom. The molecule has 0 aromatic carbocycles. The molecule has 9 heavy (non-hydrogen) atoms. The molecule has 0 aromatic rings. The Morgan fingerprint density at radius 3 is 2.11 bits per heavy atom. The SMILES string of the molecule is CCCCCS(C)(C)Cl. The molecule has 0 bridgehead atoms. The van der Waals surface area contributed by atoms with Gasteiger partial charge >= 0.3 is 0 Å². The summed E-state index contributed by atoms with van der Waals surface area (Å²) < 4.78 is 0. The number of rotatable bonds is 4. The third-order valence-corrected chi connectivity index (χ3v) is 2.96. The van der Waals surface area contributed by atoms with E-state index < -0.39 is 9.24 Å². The van der Waals surface area contributed by atoms with Crippen LogP contribution in [0, 0.1) is 0 Å². The molecule has 0 nitrogen and oxygen atoms in total. The fraction of sp³-hybridized carbons (Fsp3) is 1.00. The van der Waals surface area contributed by atoms with E-state index in [4.69, 9.17) is 10.7 Å². The summed E-state index contributed by atoms with van der Waals surface area (Å²) in [5.41, 5.74) is 0. The van der Waals surface area contributed by atoms with Crippen molar-refractivity contribution in [3.05, 3.63) is 0 Å². The van der Waals surface area contributed by atoms with Gasteiger partial charge in [0.1, 0.15) is 0 Å². The zero-order chi connectivity index (χ0) is 7.33. The van der Waals surface area contributed by atoms with Crippen LogP contribution in [0.3, 0.4) is 0 Å². The van der Waals surface area contributed by atoms with Gasteiger partial charge in [0.15, 0.2) is 0 Å². The van der Waals surface area contributed by atoms with E-state index in [1.165, 1.54) is 25.0 Å². The van der Waals surface area contributed by atoms with Gasteiger partial charge in [-0.15, -0.1) is 0 Å². The smallest absolute Gasteiger partial charge is 0.0106 e. The second kappa shape index (κ2) is 4.45. The summed E-state index contributed by atoms with van der Waals surface area (Å²) in [5, 5.41) is 0. The third-order valence-electron chi connectivity index (χ3n) is 1.23. The van der Waals surface area contributed by atoms with Crippen molar-refractivity contribution < 1.29 is 0 Å². The van der Waals surface area contributed by atoms with Crippen molar-refractivity contribution in [1.82, 2.24) is 0 Å². The fourth-order valence-corrected chi connectivity index (χ4v) is 1.91. The second-order valence-corrected chi connectivity index (χ2v) is 8.54. The minimum absolute atomic E-state index is 0.724. The van der Waals surface area contributed by atoms with Gasteiger partial charge in [-0.25, -0.2) is 0 Å². The van der Waals surface area contributed by atoms with Crippen LogP contribution in [0.25, 0.3) is 0 Å². The van der Waals surface area contributed by atoms with Crippen molar-refractivity contribution in [2.45, 2.75) is 26.2 Å². The fourth-order valence-electron chi connectivity index (χ4n) is 0.695. The summed E-state index contributed by atoms with van der Waals surface area (Å²) in [5.74, 6) is 1.22. The lowest BCUT2D eigenvalue weighted by Gasteiger charge is -2.20. The van der Waals surface area contributed by atoms with Crippen LogP contribution in [-0.2, 0) is 0 Å². The van der Waals surface area contributed by atoms with Gasteiger partial charge in [-0.3, -0.25) is 0 Å². The van der Waals surface area contributed by atoms with E-state index in [9.17, 15) is 0 Å². The van der Waals surface area contributed by atoms with Crippen LogP contribution in [-0.4, -0.2) is 18.3 Å². The highest BCUT2D eigenvalue weighted by atomic mass is 35.7.